The number of nitrogens with zero attached hydrogens (tertiary/aromatic N) is 2. The van der Waals surface area contributed by atoms with Crippen molar-refractivity contribution >= 4 is 33.8 Å². The number of thiazole rings is 1. The Labute approximate surface area is 118 Å². The third-order valence-electron chi connectivity index (χ3n) is 2.86. The lowest BCUT2D eigenvalue weighted by Gasteiger charge is -2.29. The largest absolute Gasteiger partial charge is 0.327 e. The molecule has 18 heavy (non-hydrogen) atoms. The topological polar surface area (TPSA) is 76.3 Å². The number of hydrogen-bond donors (Lipinski definition) is 1. The zero-order valence-electron chi connectivity index (χ0n) is 10.4. The Kier molecular flexibility index (Phi) is 5.13. The fraction of sp³-hybridized carbons (Fsp3) is 0.700. The van der Waals surface area contributed by atoms with Gasteiger partial charge < -0.3 is 5.73 Å². The maximum absolute atomic E-state index is 12.4. The van der Waals surface area contributed by atoms with E-state index in [0.717, 1.165) is 17.8 Å². The Morgan fingerprint density at radius 1 is 1.44 bits per heavy atom. The van der Waals surface area contributed by atoms with Crippen LogP contribution in [0.5, 0.6) is 0 Å². The lowest BCUT2D eigenvalue weighted by molar-refractivity contribution is 0.316. The molecule has 5 nitrogen and oxygen atoms in total. The molecule has 0 saturated carbocycles. The first-order valence-electron chi connectivity index (χ1n) is 5.61. The van der Waals surface area contributed by atoms with Crippen LogP contribution >= 0.6 is 23.7 Å². The summed E-state index contributed by atoms with van der Waals surface area (Å²) in [6, 6.07) is -0.0483. The van der Waals surface area contributed by atoms with Crippen LogP contribution < -0.4 is 5.73 Å². The summed E-state index contributed by atoms with van der Waals surface area (Å²) in [5.74, 6) is 0. The molecule has 0 amide bonds. The monoisotopic (exact) mass is 311 g/mol. The van der Waals surface area contributed by atoms with Gasteiger partial charge in [0.05, 0.1) is 10.7 Å². The molecule has 2 N–H and O–H groups in total. The van der Waals surface area contributed by atoms with Gasteiger partial charge in [-0.2, -0.15) is 4.31 Å². The van der Waals surface area contributed by atoms with Gasteiger partial charge in [-0.25, -0.2) is 13.4 Å². The summed E-state index contributed by atoms with van der Waals surface area (Å²) in [5, 5.41) is 0.780. The molecule has 2 rings (SSSR count). The van der Waals surface area contributed by atoms with E-state index in [4.69, 9.17) is 5.73 Å². The number of halogens is 1. The van der Waals surface area contributed by atoms with E-state index < -0.39 is 10.0 Å². The van der Waals surface area contributed by atoms with Gasteiger partial charge in [0.25, 0.3) is 10.0 Å². The molecule has 0 spiro atoms. The number of nitrogens with two attached hydrogens (primary N) is 1. The van der Waals surface area contributed by atoms with Gasteiger partial charge >= 0.3 is 0 Å². The van der Waals surface area contributed by atoms with Gasteiger partial charge in [0.2, 0.25) is 0 Å². The van der Waals surface area contributed by atoms with E-state index in [1.807, 2.05) is 6.92 Å². The Bertz CT molecular complexity index is 515. The van der Waals surface area contributed by atoms with Gasteiger partial charge in [-0.15, -0.1) is 23.7 Å². The maximum Gasteiger partial charge on any atom is 0.254 e. The minimum atomic E-state index is -3.40. The highest BCUT2D eigenvalue weighted by molar-refractivity contribution is 7.91. The molecule has 1 aliphatic heterocycles. The third-order valence-corrected chi connectivity index (χ3v) is 6.38. The Balaban J connectivity index is 0.00000162. The summed E-state index contributed by atoms with van der Waals surface area (Å²) in [6.45, 7) is 4.53. The van der Waals surface area contributed by atoms with Crippen molar-refractivity contribution in [3.05, 3.63) is 10.7 Å². The molecule has 1 aromatic rings. The van der Waals surface area contributed by atoms with Crippen molar-refractivity contribution in [1.29, 1.82) is 0 Å². The first kappa shape index (κ1) is 15.8. The SMILES string of the molecule is Cc1nc(C)c(S(=O)(=O)N2CCCC(N)C2)s1.Cl. The minimum absolute atomic E-state index is 0. The smallest absolute Gasteiger partial charge is 0.254 e. The molecule has 8 heteroatoms. The summed E-state index contributed by atoms with van der Waals surface area (Å²) in [4.78, 5) is 4.17. The third kappa shape index (κ3) is 3.03. The molecule has 0 radical (unpaired) electrons. The van der Waals surface area contributed by atoms with E-state index in [-0.39, 0.29) is 18.4 Å². The normalized spacial score (nSPS) is 21.6. The second kappa shape index (κ2) is 5.83. The van der Waals surface area contributed by atoms with E-state index in [1.54, 1.807) is 6.92 Å². The van der Waals surface area contributed by atoms with E-state index in [0.29, 0.717) is 23.0 Å². The zero-order valence-corrected chi connectivity index (χ0v) is 12.9. The summed E-state index contributed by atoms with van der Waals surface area (Å²) < 4.78 is 26.7. The van der Waals surface area contributed by atoms with E-state index in [9.17, 15) is 8.42 Å². The van der Waals surface area contributed by atoms with Gasteiger partial charge in [0, 0.05) is 19.1 Å². The summed E-state index contributed by atoms with van der Waals surface area (Å²) in [6.07, 6.45) is 1.73. The van der Waals surface area contributed by atoms with Crippen LogP contribution in [0, 0.1) is 13.8 Å². The number of aryl methyl sites for hydroxylation is 2. The molecular formula is C10H18ClN3O2S2. The van der Waals surface area contributed by atoms with E-state index in [2.05, 4.69) is 4.98 Å². The summed E-state index contributed by atoms with van der Waals surface area (Å²) in [7, 11) is -3.40. The fourth-order valence-electron chi connectivity index (χ4n) is 2.06. The highest BCUT2D eigenvalue weighted by atomic mass is 35.5. The molecule has 1 aliphatic rings. The second-order valence-corrected chi connectivity index (χ2v) is 7.71. The summed E-state index contributed by atoms with van der Waals surface area (Å²) >= 11 is 1.23. The Hall–Kier alpha value is -0.210. The quantitative estimate of drug-likeness (QED) is 0.893. The lowest BCUT2D eigenvalue weighted by atomic mass is 10.1. The average molecular weight is 312 g/mol. The van der Waals surface area contributed by atoms with Crippen molar-refractivity contribution in [3.8, 4) is 0 Å². The van der Waals surface area contributed by atoms with Crippen LogP contribution in [0.15, 0.2) is 4.21 Å². The second-order valence-electron chi connectivity index (χ2n) is 4.37. The van der Waals surface area contributed by atoms with E-state index in [1.165, 1.54) is 15.6 Å². The fourth-order valence-corrected chi connectivity index (χ4v) is 5.22. The van der Waals surface area contributed by atoms with Crippen molar-refractivity contribution in [2.45, 2.75) is 36.9 Å². The number of piperidine rings is 1. The van der Waals surface area contributed by atoms with Crippen LogP contribution in [0.25, 0.3) is 0 Å². The maximum atomic E-state index is 12.4. The van der Waals surface area contributed by atoms with Gasteiger partial charge in [0.15, 0.2) is 4.21 Å². The number of sulfonamides is 1. The van der Waals surface area contributed by atoms with E-state index >= 15 is 0 Å². The zero-order chi connectivity index (χ0) is 12.6. The van der Waals surface area contributed by atoms with Crippen LogP contribution in [0.1, 0.15) is 23.5 Å². The van der Waals surface area contributed by atoms with Crippen LogP contribution in [-0.4, -0.2) is 36.8 Å². The lowest BCUT2D eigenvalue weighted by Crippen LogP contribution is -2.45. The van der Waals surface area contributed by atoms with Crippen molar-refractivity contribution < 1.29 is 8.42 Å². The predicted molar refractivity (Wildman–Crippen MR) is 74.8 cm³/mol. The molecule has 1 fully saturated rings. The predicted octanol–water partition coefficient (Wildman–Crippen LogP) is 1.29. The van der Waals surface area contributed by atoms with Gasteiger partial charge in [-0.05, 0) is 26.7 Å². The van der Waals surface area contributed by atoms with Crippen LogP contribution in [0.4, 0.5) is 0 Å². The molecule has 1 atom stereocenters. The van der Waals surface area contributed by atoms with Crippen molar-refractivity contribution in [3.63, 3.8) is 0 Å². The first-order valence-corrected chi connectivity index (χ1v) is 7.86. The Morgan fingerprint density at radius 2 is 2.11 bits per heavy atom. The van der Waals surface area contributed by atoms with Gasteiger partial charge in [0.1, 0.15) is 0 Å². The highest BCUT2D eigenvalue weighted by Crippen LogP contribution is 2.27. The first-order chi connectivity index (χ1) is 7.91. The number of rotatable bonds is 2. The summed E-state index contributed by atoms with van der Waals surface area (Å²) in [5.41, 5.74) is 6.41. The molecule has 0 bridgehead atoms. The Morgan fingerprint density at radius 3 is 2.61 bits per heavy atom. The number of hydrogen-bond acceptors (Lipinski definition) is 5. The molecule has 104 valence electrons. The number of aromatic nitrogens is 1. The molecule has 0 aliphatic carbocycles. The molecule has 2 heterocycles. The molecule has 1 unspecified atom stereocenters. The van der Waals surface area contributed by atoms with Crippen molar-refractivity contribution in [1.82, 2.24) is 9.29 Å². The van der Waals surface area contributed by atoms with Gasteiger partial charge in [-0.1, -0.05) is 0 Å². The van der Waals surface area contributed by atoms with Crippen molar-refractivity contribution in [2.75, 3.05) is 13.1 Å². The van der Waals surface area contributed by atoms with Crippen LogP contribution in [0.3, 0.4) is 0 Å². The van der Waals surface area contributed by atoms with Crippen LogP contribution in [-0.2, 0) is 10.0 Å². The average Bonchev–Trinajstić information content (AvgIpc) is 2.58. The van der Waals surface area contributed by atoms with Crippen molar-refractivity contribution in [2.24, 2.45) is 5.73 Å². The minimum Gasteiger partial charge on any atom is -0.327 e. The van der Waals surface area contributed by atoms with Gasteiger partial charge in [-0.3, -0.25) is 0 Å². The molecule has 1 saturated heterocycles. The van der Waals surface area contributed by atoms with Crippen LogP contribution in [0.2, 0.25) is 0 Å². The highest BCUT2D eigenvalue weighted by Gasteiger charge is 2.31. The molecule has 0 aromatic carbocycles. The standard InChI is InChI=1S/C10H17N3O2S2.ClH/c1-7-10(16-8(2)12-7)17(14,15)13-5-3-4-9(11)6-13;/h9H,3-6,11H2,1-2H3;1H. The molecule has 1 aromatic heterocycles. The molecular weight excluding hydrogens is 294 g/mol.